The highest BCUT2D eigenvalue weighted by Crippen LogP contribution is 2.23. The minimum absolute atomic E-state index is 0.189. The van der Waals surface area contributed by atoms with Crippen molar-refractivity contribution in [3.63, 3.8) is 0 Å². The Kier molecular flexibility index (Phi) is 5.26. The standard InChI is InChI=1S/C13H19FO2/c1-10(2)5-4-8-16-13-11(9-15)6-3-7-12(13)14/h3,6-7,10,15H,4-5,8-9H2,1-2H3. The average molecular weight is 226 g/mol. The SMILES string of the molecule is CC(C)CCCOc1c(F)cccc1CO. The number of aliphatic hydroxyl groups is 1. The van der Waals surface area contributed by atoms with Gasteiger partial charge in [-0.2, -0.15) is 0 Å². The molecule has 3 heteroatoms. The van der Waals surface area contributed by atoms with Gasteiger partial charge in [-0.15, -0.1) is 0 Å². The minimum atomic E-state index is -0.406. The largest absolute Gasteiger partial charge is 0.490 e. The van der Waals surface area contributed by atoms with Crippen LogP contribution in [0.15, 0.2) is 18.2 Å². The van der Waals surface area contributed by atoms with Crippen molar-refractivity contribution < 1.29 is 14.2 Å². The number of hydrogen-bond acceptors (Lipinski definition) is 2. The van der Waals surface area contributed by atoms with E-state index in [0.717, 1.165) is 12.8 Å². The monoisotopic (exact) mass is 226 g/mol. The van der Waals surface area contributed by atoms with Crippen LogP contribution in [0.2, 0.25) is 0 Å². The van der Waals surface area contributed by atoms with Gasteiger partial charge in [0.05, 0.1) is 13.2 Å². The Bertz CT molecular complexity index is 324. The summed E-state index contributed by atoms with van der Waals surface area (Å²) in [5, 5.41) is 9.04. The first-order valence-corrected chi connectivity index (χ1v) is 5.66. The second-order valence-electron chi connectivity index (χ2n) is 4.27. The Hall–Kier alpha value is -1.09. The van der Waals surface area contributed by atoms with E-state index in [1.807, 2.05) is 0 Å². The normalized spacial score (nSPS) is 10.8. The van der Waals surface area contributed by atoms with Crippen molar-refractivity contribution >= 4 is 0 Å². The van der Waals surface area contributed by atoms with Gasteiger partial charge in [-0.3, -0.25) is 0 Å². The number of halogens is 1. The molecule has 0 aromatic heterocycles. The zero-order chi connectivity index (χ0) is 12.0. The summed E-state index contributed by atoms with van der Waals surface area (Å²) in [4.78, 5) is 0. The topological polar surface area (TPSA) is 29.5 Å². The van der Waals surface area contributed by atoms with E-state index in [2.05, 4.69) is 13.8 Å². The average Bonchev–Trinajstić information content (AvgIpc) is 2.25. The molecule has 1 aromatic carbocycles. The summed E-state index contributed by atoms with van der Waals surface area (Å²) >= 11 is 0. The molecule has 1 rings (SSSR count). The minimum Gasteiger partial charge on any atom is -0.490 e. The van der Waals surface area contributed by atoms with E-state index in [-0.39, 0.29) is 12.4 Å². The van der Waals surface area contributed by atoms with Crippen molar-refractivity contribution in [2.75, 3.05) is 6.61 Å². The molecule has 0 aliphatic heterocycles. The molecule has 0 unspecified atom stereocenters. The zero-order valence-corrected chi connectivity index (χ0v) is 9.87. The summed E-state index contributed by atoms with van der Waals surface area (Å²) in [6, 6.07) is 4.58. The molecule has 0 heterocycles. The second-order valence-corrected chi connectivity index (χ2v) is 4.27. The number of ether oxygens (including phenoxy) is 1. The van der Waals surface area contributed by atoms with Crippen LogP contribution in [-0.2, 0) is 6.61 Å². The lowest BCUT2D eigenvalue weighted by molar-refractivity contribution is 0.250. The first-order chi connectivity index (χ1) is 7.65. The van der Waals surface area contributed by atoms with Crippen LogP contribution >= 0.6 is 0 Å². The van der Waals surface area contributed by atoms with Gasteiger partial charge >= 0.3 is 0 Å². The predicted octanol–water partition coefficient (Wildman–Crippen LogP) is 3.13. The van der Waals surface area contributed by atoms with E-state index in [4.69, 9.17) is 9.84 Å². The molecule has 1 aromatic rings. The van der Waals surface area contributed by atoms with Crippen LogP contribution in [-0.4, -0.2) is 11.7 Å². The van der Waals surface area contributed by atoms with E-state index >= 15 is 0 Å². The zero-order valence-electron chi connectivity index (χ0n) is 9.87. The highest BCUT2D eigenvalue weighted by atomic mass is 19.1. The first-order valence-electron chi connectivity index (χ1n) is 5.66. The molecule has 1 N–H and O–H groups in total. The van der Waals surface area contributed by atoms with E-state index < -0.39 is 5.82 Å². The van der Waals surface area contributed by atoms with E-state index in [0.29, 0.717) is 18.1 Å². The van der Waals surface area contributed by atoms with Crippen molar-refractivity contribution in [1.82, 2.24) is 0 Å². The Morgan fingerprint density at radius 2 is 2.12 bits per heavy atom. The Labute approximate surface area is 96.1 Å². The lowest BCUT2D eigenvalue weighted by Crippen LogP contribution is -2.03. The van der Waals surface area contributed by atoms with Crippen molar-refractivity contribution in [1.29, 1.82) is 0 Å². The van der Waals surface area contributed by atoms with Gasteiger partial charge < -0.3 is 9.84 Å². The quantitative estimate of drug-likeness (QED) is 0.755. The van der Waals surface area contributed by atoms with Crippen molar-refractivity contribution in [2.45, 2.75) is 33.3 Å². The molecule has 0 spiro atoms. The third-order valence-corrected chi connectivity index (χ3v) is 2.39. The highest BCUT2D eigenvalue weighted by molar-refractivity contribution is 5.34. The number of aliphatic hydroxyl groups excluding tert-OH is 1. The molecule has 0 radical (unpaired) electrons. The van der Waals surface area contributed by atoms with Crippen molar-refractivity contribution in [3.05, 3.63) is 29.6 Å². The van der Waals surface area contributed by atoms with Gasteiger partial charge in [0.25, 0.3) is 0 Å². The van der Waals surface area contributed by atoms with Crippen LogP contribution in [0, 0.1) is 11.7 Å². The van der Waals surface area contributed by atoms with Gasteiger partial charge in [-0.1, -0.05) is 26.0 Å². The van der Waals surface area contributed by atoms with Crippen LogP contribution in [0.3, 0.4) is 0 Å². The lowest BCUT2D eigenvalue weighted by atomic mass is 10.1. The molecule has 0 atom stereocenters. The smallest absolute Gasteiger partial charge is 0.165 e. The maximum Gasteiger partial charge on any atom is 0.165 e. The fraction of sp³-hybridized carbons (Fsp3) is 0.538. The highest BCUT2D eigenvalue weighted by Gasteiger charge is 2.08. The Morgan fingerprint density at radius 1 is 1.38 bits per heavy atom. The number of hydrogen-bond donors (Lipinski definition) is 1. The summed E-state index contributed by atoms with van der Waals surface area (Å²) < 4.78 is 18.8. The second kappa shape index (κ2) is 6.48. The number of rotatable bonds is 6. The summed E-state index contributed by atoms with van der Waals surface area (Å²) in [6.45, 7) is 4.58. The van der Waals surface area contributed by atoms with E-state index in [1.54, 1.807) is 12.1 Å². The molecule has 0 saturated heterocycles. The fourth-order valence-corrected chi connectivity index (χ4v) is 1.51. The molecule has 0 amide bonds. The van der Waals surface area contributed by atoms with Gasteiger partial charge in [0.15, 0.2) is 11.6 Å². The first kappa shape index (κ1) is 13.0. The van der Waals surface area contributed by atoms with Crippen LogP contribution in [0.1, 0.15) is 32.3 Å². The van der Waals surface area contributed by atoms with Crippen molar-refractivity contribution in [2.24, 2.45) is 5.92 Å². The van der Waals surface area contributed by atoms with Gasteiger partial charge in [0.2, 0.25) is 0 Å². The Balaban J connectivity index is 2.52. The van der Waals surface area contributed by atoms with Crippen molar-refractivity contribution in [3.8, 4) is 5.75 Å². The molecular formula is C13H19FO2. The Morgan fingerprint density at radius 3 is 2.75 bits per heavy atom. The van der Waals surface area contributed by atoms with Gasteiger partial charge in [0.1, 0.15) is 0 Å². The molecular weight excluding hydrogens is 207 g/mol. The molecule has 0 saturated carbocycles. The lowest BCUT2D eigenvalue weighted by Gasteiger charge is -2.11. The summed E-state index contributed by atoms with van der Waals surface area (Å²) in [5.74, 6) is 0.409. The summed E-state index contributed by atoms with van der Waals surface area (Å²) in [7, 11) is 0. The van der Waals surface area contributed by atoms with Gasteiger partial charge in [-0.25, -0.2) is 4.39 Å². The molecule has 0 fully saturated rings. The van der Waals surface area contributed by atoms with E-state index in [1.165, 1.54) is 6.07 Å². The number of benzene rings is 1. The van der Waals surface area contributed by atoms with Crippen LogP contribution in [0.5, 0.6) is 5.75 Å². The molecule has 0 aliphatic rings. The summed E-state index contributed by atoms with van der Waals surface area (Å²) in [5.41, 5.74) is 0.504. The molecule has 0 aliphatic carbocycles. The third-order valence-electron chi connectivity index (χ3n) is 2.39. The van der Waals surface area contributed by atoms with Crippen LogP contribution in [0.25, 0.3) is 0 Å². The van der Waals surface area contributed by atoms with Gasteiger partial charge in [0, 0.05) is 5.56 Å². The summed E-state index contributed by atoms with van der Waals surface area (Å²) in [6.07, 6.45) is 1.96. The number of para-hydroxylation sites is 1. The molecule has 90 valence electrons. The van der Waals surface area contributed by atoms with Gasteiger partial charge in [-0.05, 0) is 24.8 Å². The van der Waals surface area contributed by atoms with E-state index in [9.17, 15) is 4.39 Å². The maximum atomic E-state index is 13.4. The van der Waals surface area contributed by atoms with Crippen LogP contribution in [0.4, 0.5) is 4.39 Å². The predicted molar refractivity (Wildman–Crippen MR) is 61.9 cm³/mol. The fourth-order valence-electron chi connectivity index (χ4n) is 1.51. The molecule has 0 bridgehead atoms. The maximum absolute atomic E-state index is 13.4. The third kappa shape index (κ3) is 3.81. The van der Waals surface area contributed by atoms with Crippen LogP contribution < -0.4 is 4.74 Å². The molecule has 2 nitrogen and oxygen atoms in total. The molecule has 16 heavy (non-hydrogen) atoms.